The molecule has 3 rings (SSSR count). The van der Waals surface area contributed by atoms with Gasteiger partial charge < -0.3 is 14.7 Å². The number of benzene rings is 2. The van der Waals surface area contributed by atoms with Crippen molar-refractivity contribution in [2.24, 2.45) is 5.92 Å². The minimum absolute atomic E-state index is 0.0923. The van der Waals surface area contributed by atoms with E-state index in [1.54, 1.807) is 18.2 Å². The Morgan fingerprint density at radius 1 is 1.12 bits per heavy atom. The summed E-state index contributed by atoms with van der Waals surface area (Å²) in [6.07, 6.45) is 3.22. The molecule has 0 spiro atoms. The lowest BCUT2D eigenvalue weighted by atomic mass is 9.93. The molecule has 3 nitrogen and oxygen atoms in total. The summed E-state index contributed by atoms with van der Waals surface area (Å²) >= 11 is 5.75. The maximum Gasteiger partial charge on any atom is 0.142 e. The number of phenolic OH excluding ortho intramolecular Hbond substituents is 1. The van der Waals surface area contributed by atoms with Crippen LogP contribution in [0, 0.1) is 11.7 Å². The van der Waals surface area contributed by atoms with Crippen LogP contribution in [-0.2, 0) is 0 Å². The van der Waals surface area contributed by atoms with Gasteiger partial charge in [0.2, 0.25) is 0 Å². The van der Waals surface area contributed by atoms with Crippen molar-refractivity contribution in [2.45, 2.75) is 19.3 Å². The SMILES string of the molecule is Oc1ccc(N2CCC(CCOc3ccc(F)c(Cl)c3)CC2)cc1. The molecular weight excluding hydrogens is 329 g/mol. The van der Waals surface area contributed by atoms with Gasteiger partial charge in [-0.2, -0.15) is 0 Å². The fourth-order valence-electron chi connectivity index (χ4n) is 3.05. The van der Waals surface area contributed by atoms with Crippen molar-refractivity contribution in [3.05, 3.63) is 53.3 Å². The van der Waals surface area contributed by atoms with E-state index in [2.05, 4.69) is 4.90 Å². The fraction of sp³-hybridized carbons (Fsp3) is 0.368. The first-order valence-corrected chi connectivity index (χ1v) is 8.61. The van der Waals surface area contributed by atoms with Crippen LogP contribution in [0.25, 0.3) is 0 Å². The number of aromatic hydroxyl groups is 1. The van der Waals surface area contributed by atoms with Crippen LogP contribution in [0.1, 0.15) is 19.3 Å². The number of hydrogen-bond donors (Lipinski definition) is 1. The molecule has 0 atom stereocenters. The van der Waals surface area contributed by atoms with E-state index in [1.807, 2.05) is 12.1 Å². The minimum atomic E-state index is -0.425. The molecule has 0 saturated carbocycles. The summed E-state index contributed by atoms with van der Waals surface area (Å²) in [5.74, 6) is 1.12. The Labute approximate surface area is 146 Å². The molecule has 1 aliphatic heterocycles. The molecule has 24 heavy (non-hydrogen) atoms. The van der Waals surface area contributed by atoms with Crippen LogP contribution in [0.3, 0.4) is 0 Å². The van der Waals surface area contributed by atoms with Crippen molar-refractivity contribution < 1.29 is 14.2 Å². The molecule has 1 saturated heterocycles. The van der Waals surface area contributed by atoms with E-state index < -0.39 is 5.82 Å². The van der Waals surface area contributed by atoms with Gasteiger partial charge >= 0.3 is 0 Å². The molecular formula is C19H21ClFNO2. The molecule has 1 aliphatic rings. The van der Waals surface area contributed by atoms with Gasteiger partial charge in [-0.25, -0.2) is 4.39 Å². The van der Waals surface area contributed by atoms with E-state index in [0.29, 0.717) is 24.0 Å². The van der Waals surface area contributed by atoms with E-state index in [9.17, 15) is 9.50 Å². The molecule has 0 unspecified atom stereocenters. The number of rotatable bonds is 5. The van der Waals surface area contributed by atoms with E-state index in [1.165, 1.54) is 12.1 Å². The summed E-state index contributed by atoms with van der Waals surface area (Å²) in [4.78, 5) is 2.34. The summed E-state index contributed by atoms with van der Waals surface area (Å²) in [6.45, 7) is 2.64. The molecule has 1 N–H and O–H groups in total. The van der Waals surface area contributed by atoms with Crippen LogP contribution in [0.15, 0.2) is 42.5 Å². The van der Waals surface area contributed by atoms with Gasteiger partial charge in [-0.1, -0.05) is 11.6 Å². The predicted octanol–water partition coefficient (Wildman–Crippen LogP) is 4.87. The molecule has 0 radical (unpaired) electrons. The first kappa shape index (κ1) is 16.9. The third kappa shape index (κ3) is 4.32. The lowest BCUT2D eigenvalue weighted by molar-refractivity contribution is 0.258. The van der Waals surface area contributed by atoms with E-state index in [0.717, 1.165) is 38.0 Å². The van der Waals surface area contributed by atoms with Crippen molar-refractivity contribution in [2.75, 3.05) is 24.6 Å². The maximum atomic E-state index is 13.1. The Kier molecular flexibility index (Phi) is 5.46. The first-order valence-electron chi connectivity index (χ1n) is 8.23. The van der Waals surface area contributed by atoms with E-state index >= 15 is 0 Å². The number of nitrogens with zero attached hydrogens (tertiary/aromatic N) is 1. The van der Waals surface area contributed by atoms with Gasteiger partial charge in [-0.05, 0) is 61.6 Å². The summed E-state index contributed by atoms with van der Waals surface area (Å²) in [6, 6.07) is 11.8. The monoisotopic (exact) mass is 349 g/mol. The zero-order chi connectivity index (χ0) is 16.9. The van der Waals surface area contributed by atoms with Crippen molar-refractivity contribution in [1.82, 2.24) is 0 Å². The number of phenols is 1. The summed E-state index contributed by atoms with van der Waals surface area (Å²) in [5, 5.41) is 9.45. The second kappa shape index (κ2) is 7.75. The Bertz CT molecular complexity index is 670. The van der Waals surface area contributed by atoms with Crippen LogP contribution in [0.5, 0.6) is 11.5 Å². The van der Waals surface area contributed by atoms with Crippen molar-refractivity contribution in [3.8, 4) is 11.5 Å². The van der Waals surface area contributed by atoms with Gasteiger partial charge in [-0.15, -0.1) is 0 Å². The third-order valence-corrected chi connectivity index (χ3v) is 4.80. The molecule has 128 valence electrons. The summed E-state index contributed by atoms with van der Waals surface area (Å²) < 4.78 is 18.8. The van der Waals surface area contributed by atoms with Gasteiger partial charge in [0.1, 0.15) is 17.3 Å². The Balaban J connectivity index is 1.42. The molecule has 1 fully saturated rings. The predicted molar refractivity (Wildman–Crippen MR) is 94.6 cm³/mol. The Hall–Kier alpha value is -1.94. The van der Waals surface area contributed by atoms with Crippen molar-refractivity contribution in [3.63, 3.8) is 0 Å². The molecule has 0 amide bonds. The lowest BCUT2D eigenvalue weighted by Gasteiger charge is -2.33. The second-order valence-electron chi connectivity index (χ2n) is 6.16. The molecule has 2 aromatic rings. The van der Waals surface area contributed by atoms with Crippen LogP contribution in [-0.4, -0.2) is 24.8 Å². The smallest absolute Gasteiger partial charge is 0.142 e. The standard InChI is InChI=1S/C19H21ClFNO2/c20-18-13-17(5-6-19(18)21)24-12-9-14-7-10-22(11-8-14)15-1-3-16(23)4-2-15/h1-6,13-14,23H,7-12H2. The normalized spacial score (nSPS) is 15.5. The Morgan fingerprint density at radius 3 is 2.50 bits per heavy atom. The highest BCUT2D eigenvalue weighted by atomic mass is 35.5. The Morgan fingerprint density at radius 2 is 1.83 bits per heavy atom. The zero-order valence-electron chi connectivity index (χ0n) is 13.4. The van der Waals surface area contributed by atoms with Gasteiger partial charge in [0.25, 0.3) is 0 Å². The largest absolute Gasteiger partial charge is 0.508 e. The number of anilines is 1. The number of hydrogen-bond acceptors (Lipinski definition) is 3. The summed E-state index contributed by atoms with van der Waals surface area (Å²) in [7, 11) is 0. The van der Waals surface area contributed by atoms with Crippen LogP contribution < -0.4 is 9.64 Å². The maximum absolute atomic E-state index is 13.1. The molecule has 0 bridgehead atoms. The highest BCUT2D eigenvalue weighted by molar-refractivity contribution is 6.30. The number of halogens is 2. The average Bonchev–Trinajstić information content (AvgIpc) is 2.59. The van der Waals surface area contributed by atoms with Crippen molar-refractivity contribution in [1.29, 1.82) is 0 Å². The molecule has 2 aromatic carbocycles. The van der Waals surface area contributed by atoms with Gasteiger partial charge in [0.05, 0.1) is 11.6 Å². The van der Waals surface area contributed by atoms with E-state index in [4.69, 9.17) is 16.3 Å². The lowest BCUT2D eigenvalue weighted by Crippen LogP contribution is -2.34. The average molecular weight is 350 g/mol. The quantitative estimate of drug-likeness (QED) is 0.835. The zero-order valence-corrected chi connectivity index (χ0v) is 14.2. The number of piperidine rings is 1. The van der Waals surface area contributed by atoms with Gasteiger partial charge in [0.15, 0.2) is 0 Å². The highest BCUT2D eigenvalue weighted by Gasteiger charge is 2.19. The number of ether oxygens (including phenoxy) is 1. The first-order chi connectivity index (χ1) is 11.6. The van der Waals surface area contributed by atoms with Crippen LogP contribution >= 0.6 is 11.6 Å². The second-order valence-corrected chi connectivity index (χ2v) is 6.57. The van der Waals surface area contributed by atoms with Crippen molar-refractivity contribution >= 4 is 17.3 Å². The molecule has 5 heteroatoms. The van der Waals surface area contributed by atoms with Crippen LogP contribution in [0.4, 0.5) is 10.1 Å². The third-order valence-electron chi connectivity index (χ3n) is 4.52. The molecule has 1 heterocycles. The summed E-state index contributed by atoms with van der Waals surface area (Å²) in [5.41, 5.74) is 1.16. The topological polar surface area (TPSA) is 32.7 Å². The molecule has 0 aliphatic carbocycles. The van der Waals surface area contributed by atoms with Gasteiger partial charge in [0, 0.05) is 24.8 Å². The van der Waals surface area contributed by atoms with Gasteiger partial charge in [-0.3, -0.25) is 0 Å². The highest BCUT2D eigenvalue weighted by Crippen LogP contribution is 2.27. The fourth-order valence-corrected chi connectivity index (χ4v) is 3.22. The van der Waals surface area contributed by atoms with Crippen LogP contribution in [0.2, 0.25) is 5.02 Å². The minimum Gasteiger partial charge on any atom is -0.508 e. The molecule has 0 aromatic heterocycles. The van der Waals surface area contributed by atoms with E-state index in [-0.39, 0.29) is 5.02 Å².